The van der Waals surface area contributed by atoms with E-state index in [1.54, 1.807) is 6.20 Å². The van der Waals surface area contributed by atoms with Crippen molar-refractivity contribution in [1.29, 1.82) is 0 Å². The van der Waals surface area contributed by atoms with Gasteiger partial charge in [-0.05, 0) is 49.5 Å². The molecule has 1 aromatic heterocycles. The summed E-state index contributed by atoms with van der Waals surface area (Å²) < 4.78 is 11.2. The second kappa shape index (κ2) is 14.5. The highest BCUT2D eigenvalue weighted by atomic mass is 32.2. The molecule has 0 bridgehead atoms. The van der Waals surface area contributed by atoms with Crippen molar-refractivity contribution in [3.05, 3.63) is 71.9 Å². The minimum absolute atomic E-state index is 0.341. The number of thioether (sulfide) groups is 1. The maximum atomic E-state index is 12.0. The van der Waals surface area contributed by atoms with Crippen LogP contribution in [0, 0.1) is 0 Å². The number of nitrogens with two attached hydrogens (primary N) is 1. The molecule has 0 spiro atoms. The fraction of sp³-hybridized carbons (Fsp3) is 0.444. The van der Waals surface area contributed by atoms with Crippen LogP contribution in [0.2, 0.25) is 0 Å². The van der Waals surface area contributed by atoms with Gasteiger partial charge in [-0.25, -0.2) is 4.98 Å². The molecule has 1 aliphatic heterocycles. The molecule has 1 saturated heterocycles. The monoisotopic (exact) mass is 497 g/mol. The zero-order valence-corrected chi connectivity index (χ0v) is 21.1. The first-order valence-corrected chi connectivity index (χ1v) is 13.0. The molecule has 2 aromatic rings. The smallest absolute Gasteiger partial charge is 0.303 e. The van der Waals surface area contributed by atoms with Gasteiger partial charge in [0, 0.05) is 32.2 Å². The minimum Gasteiger partial charge on any atom is -0.473 e. The summed E-state index contributed by atoms with van der Waals surface area (Å²) in [4.78, 5) is 30.4. The van der Waals surface area contributed by atoms with Crippen LogP contribution in [-0.4, -0.2) is 52.1 Å². The van der Waals surface area contributed by atoms with Gasteiger partial charge in [-0.2, -0.15) is 0 Å². The lowest BCUT2D eigenvalue weighted by Crippen LogP contribution is -2.29. The Morgan fingerprint density at radius 2 is 1.89 bits per heavy atom. The molecule has 0 radical (unpaired) electrons. The van der Waals surface area contributed by atoms with Crippen LogP contribution in [0.1, 0.15) is 43.7 Å². The first-order chi connectivity index (χ1) is 17.0. The molecular formula is C27H35N3O4S. The number of benzene rings is 1. The number of primary amides is 1. The molecule has 3 rings (SSSR count). The summed E-state index contributed by atoms with van der Waals surface area (Å²) in [5.74, 6) is -0.249. The van der Waals surface area contributed by atoms with Crippen molar-refractivity contribution in [3.8, 4) is 5.88 Å². The summed E-state index contributed by atoms with van der Waals surface area (Å²) in [6.07, 6.45) is 10.3. The molecule has 1 aromatic carbocycles. The van der Waals surface area contributed by atoms with E-state index < -0.39 is 16.6 Å². The molecule has 8 heteroatoms. The number of hydrogen-bond acceptors (Lipinski definition) is 7. The number of amides is 1. The van der Waals surface area contributed by atoms with Crippen molar-refractivity contribution in [2.24, 2.45) is 5.73 Å². The average molecular weight is 498 g/mol. The normalized spacial score (nSPS) is 16.0. The Morgan fingerprint density at radius 3 is 2.60 bits per heavy atom. The third kappa shape index (κ3) is 10.1. The highest BCUT2D eigenvalue weighted by Crippen LogP contribution is 2.25. The van der Waals surface area contributed by atoms with Crippen LogP contribution in [0.25, 0.3) is 0 Å². The predicted molar refractivity (Wildman–Crippen MR) is 139 cm³/mol. The first kappa shape index (κ1) is 26.8. The van der Waals surface area contributed by atoms with Gasteiger partial charge in [-0.15, -0.1) is 11.8 Å². The number of aromatic nitrogens is 1. The van der Waals surface area contributed by atoms with E-state index in [0.29, 0.717) is 25.3 Å². The maximum absolute atomic E-state index is 12.0. The summed E-state index contributed by atoms with van der Waals surface area (Å²) in [6, 6.07) is 13.7. The largest absolute Gasteiger partial charge is 0.473 e. The molecule has 35 heavy (non-hydrogen) atoms. The maximum Gasteiger partial charge on any atom is 0.303 e. The summed E-state index contributed by atoms with van der Waals surface area (Å²) in [6.45, 7) is 4.91. The van der Waals surface area contributed by atoms with E-state index in [0.717, 1.165) is 25.2 Å². The zero-order chi connectivity index (χ0) is 24.9. The SMILES string of the molecule is CC(=O)OC(Cc1ccccc1)SC(CC=CCOc1cc(CN2CCCCC2)ccn1)C(N)=O. The van der Waals surface area contributed by atoms with Crippen LogP contribution in [0.4, 0.5) is 0 Å². The van der Waals surface area contributed by atoms with Crippen LogP contribution >= 0.6 is 11.8 Å². The van der Waals surface area contributed by atoms with Gasteiger partial charge in [0.2, 0.25) is 11.8 Å². The lowest BCUT2D eigenvalue weighted by molar-refractivity contribution is -0.142. The van der Waals surface area contributed by atoms with Crippen molar-refractivity contribution < 1.29 is 19.1 Å². The predicted octanol–water partition coefficient (Wildman–Crippen LogP) is 4.11. The topological polar surface area (TPSA) is 94.8 Å². The van der Waals surface area contributed by atoms with Gasteiger partial charge in [-0.1, -0.05) is 48.9 Å². The van der Waals surface area contributed by atoms with Gasteiger partial charge >= 0.3 is 5.97 Å². The summed E-state index contributed by atoms with van der Waals surface area (Å²) in [5.41, 5.74) is 7.35. The van der Waals surface area contributed by atoms with Crippen molar-refractivity contribution in [1.82, 2.24) is 9.88 Å². The van der Waals surface area contributed by atoms with E-state index in [2.05, 4.69) is 9.88 Å². The zero-order valence-electron chi connectivity index (χ0n) is 20.3. The van der Waals surface area contributed by atoms with Crippen LogP contribution < -0.4 is 10.5 Å². The molecule has 1 fully saturated rings. The molecule has 1 aliphatic rings. The number of ether oxygens (including phenoxy) is 2. The Morgan fingerprint density at radius 1 is 1.11 bits per heavy atom. The first-order valence-electron chi connectivity index (χ1n) is 12.1. The standard InChI is InChI=1S/C27H35N3O4S/c1-21(31)34-26(19-22-10-4-2-5-11-22)35-24(27(28)32)12-6-9-17-33-25-18-23(13-14-29-25)20-30-15-7-3-8-16-30/h2,4-6,9-11,13-14,18,24,26H,3,7-8,12,15-17,19-20H2,1H3,(H2,28,32). The highest BCUT2D eigenvalue weighted by Gasteiger charge is 2.23. The summed E-state index contributed by atoms with van der Waals surface area (Å²) >= 11 is 1.27. The Balaban J connectivity index is 1.48. The summed E-state index contributed by atoms with van der Waals surface area (Å²) in [5, 5.41) is -0.523. The molecule has 2 unspecified atom stereocenters. The average Bonchev–Trinajstić information content (AvgIpc) is 2.84. The van der Waals surface area contributed by atoms with Crippen molar-refractivity contribution in [2.75, 3.05) is 19.7 Å². The number of piperidine rings is 1. The number of rotatable bonds is 13. The van der Waals surface area contributed by atoms with E-state index in [4.69, 9.17) is 15.2 Å². The van der Waals surface area contributed by atoms with Crippen LogP contribution in [0.15, 0.2) is 60.8 Å². The van der Waals surface area contributed by atoms with E-state index in [9.17, 15) is 9.59 Å². The lowest BCUT2D eigenvalue weighted by Gasteiger charge is -2.26. The van der Waals surface area contributed by atoms with Crippen molar-refractivity contribution in [2.45, 2.75) is 56.3 Å². The van der Waals surface area contributed by atoms with Gasteiger partial charge < -0.3 is 15.2 Å². The second-order valence-electron chi connectivity index (χ2n) is 8.61. The van der Waals surface area contributed by atoms with E-state index in [1.807, 2.05) is 54.6 Å². The number of carbonyl (C=O) groups excluding carboxylic acids is 2. The van der Waals surface area contributed by atoms with Gasteiger partial charge in [0.15, 0.2) is 5.44 Å². The van der Waals surface area contributed by atoms with Gasteiger partial charge in [0.05, 0.1) is 5.25 Å². The van der Waals surface area contributed by atoms with E-state index >= 15 is 0 Å². The molecule has 2 N–H and O–H groups in total. The number of likely N-dealkylation sites (tertiary alicyclic amines) is 1. The molecule has 0 saturated carbocycles. The Hall–Kier alpha value is -2.84. The molecule has 1 amide bonds. The Bertz CT molecular complexity index is 964. The third-order valence-electron chi connectivity index (χ3n) is 5.67. The molecule has 2 atom stereocenters. The van der Waals surface area contributed by atoms with Gasteiger partial charge in [0.25, 0.3) is 0 Å². The number of pyridine rings is 1. The van der Waals surface area contributed by atoms with Crippen LogP contribution in [0.3, 0.4) is 0 Å². The number of nitrogens with zero attached hydrogens (tertiary/aromatic N) is 2. The summed E-state index contributed by atoms with van der Waals surface area (Å²) in [7, 11) is 0. The highest BCUT2D eigenvalue weighted by molar-refractivity contribution is 8.01. The molecule has 0 aliphatic carbocycles. The number of allylic oxidation sites excluding steroid dienone is 1. The van der Waals surface area contributed by atoms with E-state index in [-0.39, 0.29) is 5.97 Å². The number of esters is 1. The quantitative estimate of drug-likeness (QED) is 0.253. The van der Waals surface area contributed by atoms with E-state index in [1.165, 1.54) is 43.5 Å². The fourth-order valence-corrected chi connectivity index (χ4v) is 5.16. The van der Waals surface area contributed by atoms with Crippen molar-refractivity contribution >= 4 is 23.6 Å². The Labute approximate surface area is 212 Å². The Kier molecular flexibility index (Phi) is 11.1. The molecule has 188 valence electrons. The van der Waals surface area contributed by atoms with Crippen molar-refractivity contribution in [3.63, 3.8) is 0 Å². The fourth-order valence-electron chi connectivity index (χ4n) is 3.96. The van der Waals surface area contributed by atoms with Crippen LogP contribution in [0.5, 0.6) is 5.88 Å². The third-order valence-corrected chi connectivity index (χ3v) is 6.99. The van der Waals surface area contributed by atoms with Crippen LogP contribution in [-0.2, 0) is 27.3 Å². The number of carbonyl (C=O) groups is 2. The second-order valence-corrected chi connectivity index (χ2v) is 9.98. The molecule has 7 nitrogen and oxygen atoms in total. The minimum atomic E-state index is -0.523. The van der Waals surface area contributed by atoms with Gasteiger partial charge in [-0.3, -0.25) is 14.5 Å². The molecular weight excluding hydrogens is 462 g/mol. The number of hydrogen-bond donors (Lipinski definition) is 1. The molecule has 2 heterocycles. The lowest BCUT2D eigenvalue weighted by atomic mass is 10.1. The van der Waals surface area contributed by atoms with Gasteiger partial charge in [0.1, 0.15) is 6.61 Å².